The van der Waals surface area contributed by atoms with Crippen LogP contribution in [0.3, 0.4) is 0 Å². The number of carbonyl (C=O) groups excluding carboxylic acids is 2. The van der Waals surface area contributed by atoms with E-state index in [1.165, 1.54) is 16.9 Å². The van der Waals surface area contributed by atoms with E-state index in [1.54, 1.807) is 0 Å². The van der Waals surface area contributed by atoms with Gasteiger partial charge in [-0.15, -0.1) is 11.3 Å². The summed E-state index contributed by atoms with van der Waals surface area (Å²) < 4.78 is 5.40. The molecule has 1 saturated heterocycles. The Morgan fingerprint density at radius 1 is 1.42 bits per heavy atom. The Morgan fingerprint density at radius 2 is 2.31 bits per heavy atom. The van der Waals surface area contributed by atoms with Crippen LogP contribution in [0.15, 0.2) is 23.6 Å². The first-order chi connectivity index (χ1) is 12.7. The molecule has 0 saturated carbocycles. The topological polar surface area (TPSA) is 71.5 Å². The van der Waals surface area contributed by atoms with Gasteiger partial charge in [-0.1, -0.05) is 13.0 Å². The van der Waals surface area contributed by atoms with Crippen LogP contribution in [-0.2, 0) is 20.7 Å². The van der Waals surface area contributed by atoms with Gasteiger partial charge >= 0.3 is 0 Å². The normalized spacial score (nSPS) is 18.8. The summed E-state index contributed by atoms with van der Waals surface area (Å²) in [6, 6.07) is 6.08. The zero-order valence-electron chi connectivity index (χ0n) is 14.7. The molecule has 1 N–H and O–H groups in total. The van der Waals surface area contributed by atoms with Gasteiger partial charge in [-0.25, -0.2) is 4.98 Å². The first-order valence-corrected chi connectivity index (χ1v) is 9.85. The maximum atomic E-state index is 12.1. The van der Waals surface area contributed by atoms with E-state index in [4.69, 9.17) is 4.74 Å². The minimum atomic E-state index is -0.357. The van der Waals surface area contributed by atoms with Crippen LogP contribution in [0.2, 0.25) is 0 Å². The second-order valence-electron chi connectivity index (χ2n) is 6.52. The lowest BCUT2D eigenvalue weighted by molar-refractivity contribution is -0.124. The number of thiazole rings is 1. The van der Waals surface area contributed by atoms with E-state index in [9.17, 15) is 9.59 Å². The van der Waals surface area contributed by atoms with E-state index in [-0.39, 0.29) is 17.9 Å². The van der Waals surface area contributed by atoms with Crippen LogP contribution in [0, 0.1) is 0 Å². The van der Waals surface area contributed by atoms with Crippen LogP contribution in [0.25, 0.3) is 11.3 Å². The average molecular weight is 371 g/mol. The van der Waals surface area contributed by atoms with Crippen LogP contribution in [0.4, 0.5) is 10.8 Å². The van der Waals surface area contributed by atoms with E-state index in [0.29, 0.717) is 18.2 Å². The van der Waals surface area contributed by atoms with Gasteiger partial charge in [-0.05, 0) is 37.0 Å². The van der Waals surface area contributed by atoms with Crippen molar-refractivity contribution >= 4 is 34.0 Å². The lowest BCUT2D eigenvalue weighted by Crippen LogP contribution is -2.27. The van der Waals surface area contributed by atoms with Gasteiger partial charge in [0.25, 0.3) is 5.91 Å². The van der Waals surface area contributed by atoms with Crippen LogP contribution < -0.4 is 10.2 Å². The number of benzene rings is 1. The summed E-state index contributed by atoms with van der Waals surface area (Å²) >= 11 is 1.41. The Hall–Kier alpha value is -2.25. The molecule has 2 aliphatic heterocycles. The number of amides is 2. The van der Waals surface area contributed by atoms with E-state index in [1.807, 2.05) is 29.3 Å². The number of rotatable bonds is 4. The third kappa shape index (κ3) is 3.24. The van der Waals surface area contributed by atoms with Crippen LogP contribution in [0.1, 0.15) is 31.7 Å². The number of anilines is 2. The fourth-order valence-corrected chi connectivity index (χ4v) is 4.17. The third-order valence-electron chi connectivity index (χ3n) is 4.83. The van der Waals surface area contributed by atoms with Crippen molar-refractivity contribution in [2.75, 3.05) is 23.4 Å². The fraction of sp³-hybridized carbons (Fsp3) is 0.421. The molecule has 1 aromatic heterocycles. The summed E-state index contributed by atoms with van der Waals surface area (Å²) in [7, 11) is 0. The Kier molecular flexibility index (Phi) is 4.74. The molecule has 1 unspecified atom stereocenters. The lowest BCUT2D eigenvalue weighted by atomic mass is 10.1. The average Bonchev–Trinajstić information content (AvgIpc) is 3.40. The second kappa shape index (κ2) is 7.17. The first-order valence-electron chi connectivity index (χ1n) is 8.97. The first kappa shape index (κ1) is 17.2. The van der Waals surface area contributed by atoms with Crippen molar-refractivity contribution in [3.8, 4) is 11.3 Å². The molecule has 2 aliphatic rings. The number of hydrogen-bond acceptors (Lipinski definition) is 5. The van der Waals surface area contributed by atoms with Crippen LogP contribution in [-0.4, -0.2) is 36.1 Å². The van der Waals surface area contributed by atoms with Gasteiger partial charge in [0.05, 0.1) is 5.69 Å². The van der Waals surface area contributed by atoms with Crippen molar-refractivity contribution in [3.63, 3.8) is 0 Å². The molecular weight excluding hydrogens is 350 g/mol. The molecule has 26 heavy (non-hydrogen) atoms. The van der Waals surface area contributed by atoms with Gasteiger partial charge in [-0.2, -0.15) is 0 Å². The Bertz CT molecular complexity index is 842. The zero-order chi connectivity index (χ0) is 18.1. The number of carbonyl (C=O) groups is 2. The summed E-state index contributed by atoms with van der Waals surface area (Å²) in [6.45, 7) is 3.27. The number of hydrogen-bond donors (Lipinski definition) is 1. The maximum absolute atomic E-state index is 12.1. The highest BCUT2D eigenvalue weighted by molar-refractivity contribution is 7.14. The monoisotopic (exact) mass is 371 g/mol. The molecule has 0 aliphatic carbocycles. The van der Waals surface area contributed by atoms with Crippen molar-refractivity contribution < 1.29 is 14.3 Å². The molecule has 6 nitrogen and oxygen atoms in total. The molecule has 7 heteroatoms. The number of aromatic nitrogens is 1. The van der Waals surface area contributed by atoms with Crippen LogP contribution in [0.5, 0.6) is 0 Å². The van der Waals surface area contributed by atoms with E-state index >= 15 is 0 Å². The summed E-state index contributed by atoms with van der Waals surface area (Å²) in [5, 5.41) is 5.37. The largest absolute Gasteiger partial charge is 0.368 e. The van der Waals surface area contributed by atoms with Crippen molar-refractivity contribution in [2.45, 2.75) is 38.7 Å². The highest BCUT2D eigenvalue weighted by atomic mass is 32.1. The number of ether oxygens (including phenoxy) is 1. The molecule has 1 atom stereocenters. The Balaban J connectivity index is 1.50. The smallest absolute Gasteiger partial charge is 0.255 e. The van der Waals surface area contributed by atoms with E-state index in [0.717, 1.165) is 42.8 Å². The van der Waals surface area contributed by atoms with Gasteiger partial charge in [0, 0.05) is 36.2 Å². The molecule has 2 amide bonds. The second-order valence-corrected chi connectivity index (χ2v) is 7.38. The quantitative estimate of drug-likeness (QED) is 0.896. The van der Waals surface area contributed by atoms with E-state index in [2.05, 4.69) is 16.4 Å². The standard InChI is InChI=1S/C19H21N3O3S/c1-2-17(23)22-8-7-13-10-12(5-6-15(13)22)14-11-26-19(20-14)21-18(24)16-4-3-9-25-16/h5-6,10-11,16H,2-4,7-9H2,1H3,(H,20,21,24). The molecule has 0 bridgehead atoms. The summed E-state index contributed by atoms with van der Waals surface area (Å²) in [5.41, 5.74) is 4.01. The van der Waals surface area contributed by atoms with Gasteiger partial charge < -0.3 is 9.64 Å². The minimum absolute atomic E-state index is 0.119. The van der Waals surface area contributed by atoms with Gasteiger partial charge in [0.15, 0.2) is 5.13 Å². The van der Waals surface area contributed by atoms with E-state index < -0.39 is 0 Å². The molecule has 3 heterocycles. The predicted molar refractivity (Wildman–Crippen MR) is 102 cm³/mol. The molecule has 4 rings (SSSR count). The molecule has 1 fully saturated rings. The zero-order valence-corrected chi connectivity index (χ0v) is 15.5. The van der Waals surface area contributed by atoms with Crippen molar-refractivity contribution in [3.05, 3.63) is 29.1 Å². The SMILES string of the molecule is CCC(=O)N1CCc2cc(-c3csc(NC(=O)C4CCCO4)n3)ccc21. The highest BCUT2D eigenvalue weighted by Crippen LogP contribution is 2.33. The molecule has 0 spiro atoms. The number of nitrogens with one attached hydrogen (secondary N) is 1. The summed E-state index contributed by atoms with van der Waals surface area (Å²) in [4.78, 5) is 30.5. The predicted octanol–water partition coefficient (Wildman–Crippen LogP) is 3.23. The summed E-state index contributed by atoms with van der Waals surface area (Å²) in [5.74, 6) is 0.0374. The highest BCUT2D eigenvalue weighted by Gasteiger charge is 2.25. The maximum Gasteiger partial charge on any atom is 0.255 e. The van der Waals surface area contributed by atoms with Crippen molar-refractivity contribution in [1.82, 2.24) is 4.98 Å². The molecular formula is C19H21N3O3S. The van der Waals surface area contributed by atoms with Crippen LogP contribution >= 0.6 is 11.3 Å². The number of fused-ring (bicyclic) bond motifs is 1. The van der Waals surface area contributed by atoms with Crippen molar-refractivity contribution in [1.29, 1.82) is 0 Å². The van der Waals surface area contributed by atoms with Gasteiger partial charge in [0.1, 0.15) is 6.10 Å². The van der Waals surface area contributed by atoms with Gasteiger partial charge in [0.2, 0.25) is 5.91 Å². The Morgan fingerprint density at radius 3 is 3.08 bits per heavy atom. The lowest BCUT2D eigenvalue weighted by Gasteiger charge is -2.16. The molecule has 136 valence electrons. The minimum Gasteiger partial charge on any atom is -0.368 e. The Labute approximate surface area is 156 Å². The number of nitrogens with zero attached hydrogens (tertiary/aromatic N) is 2. The fourth-order valence-electron chi connectivity index (χ4n) is 3.45. The van der Waals surface area contributed by atoms with Crippen molar-refractivity contribution in [2.24, 2.45) is 0 Å². The molecule has 1 aromatic carbocycles. The van der Waals surface area contributed by atoms with Gasteiger partial charge in [-0.3, -0.25) is 14.9 Å². The summed E-state index contributed by atoms with van der Waals surface area (Å²) in [6.07, 6.45) is 2.71. The molecule has 2 aromatic rings. The third-order valence-corrected chi connectivity index (χ3v) is 5.59. The molecule has 0 radical (unpaired) electrons.